The lowest BCUT2D eigenvalue weighted by atomic mass is 10.1. The third-order valence-electron chi connectivity index (χ3n) is 2.32. The van der Waals surface area contributed by atoms with Crippen molar-refractivity contribution in [3.05, 3.63) is 44.5 Å². The van der Waals surface area contributed by atoms with Crippen LogP contribution < -0.4 is 5.32 Å². The van der Waals surface area contributed by atoms with Crippen molar-refractivity contribution in [1.29, 1.82) is 0 Å². The van der Waals surface area contributed by atoms with Crippen molar-refractivity contribution in [2.24, 2.45) is 0 Å². The van der Waals surface area contributed by atoms with Crippen LogP contribution in [-0.2, 0) is 6.54 Å². The van der Waals surface area contributed by atoms with E-state index < -0.39 is 16.4 Å². The molecule has 0 atom stereocenters. The van der Waals surface area contributed by atoms with Crippen LogP contribution >= 0.6 is 11.3 Å². The highest BCUT2D eigenvalue weighted by Gasteiger charge is 2.16. The summed E-state index contributed by atoms with van der Waals surface area (Å²) in [6.07, 6.45) is 0. The van der Waals surface area contributed by atoms with E-state index in [4.69, 9.17) is 0 Å². The molecule has 0 bridgehead atoms. The standard InChI is InChI=1S/C11H10FN3O2S/c1-13-5-11-14-9(6-18-11)7-2-3-8(12)10(4-7)15(16)17/h2-4,6,13H,5H2,1H3. The fourth-order valence-electron chi connectivity index (χ4n) is 1.49. The monoisotopic (exact) mass is 267 g/mol. The predicted octanol–water partition coefficient (Wildman–Crippen LogP) is 2.58. The summed E-state index contributed by atoms with van der Waals surface area (Å²) in [6.45, 7) is 0.633. The molecule has 94 valence electrons. The van der Waals surface area contributed by atoms with E-state index in [1.54, 1.807) is 5.38 Å². The first-order chi connectivity index (χ1) is 8.61. The van der Waals surface area contributed by atoms with E-state index in [1.165, 1.54) is 23.5 Å². The van der Waals surface area contributed by atoms with Gasteiger partial charge in [-0.2, -0.15) is 4.39 Å². The average molecular weight is 267 g/mol. The first-order valence-electron chi connectivity index (χ1n) is 5.15. The van der Waals surface area contributed by atoms with Gasteiger partial charge in [0.15, 0.2) is 0 Å². The van der Waals surface area contributed by atoms with Crippen molar-refractivity contribution in [2.75, 3.05) is 7.05 Å². The molecule has 1 aromatic heterocycles. The molecule has 0 saturated carbocycles. The molecule has 0 radical (unpaired) electrons. The fourth-order valence-corrected chi connectivity index (χ4v) is 2.30. The first-order valence-corrected chi connectivity index (χ1v) is 6.03. The molecular weight excluding hydrogens is 257 g/mol. The van der Waals surface area contributed by atoms with Crippen LogP contribution in [0, 0.1) is 15.9 Å². The number of aromatic nitrogens is 1. The molecule has 0 aliphatic heterocycles. The van der Waals surface area contributed by atoms with Gasteiger partial charge in [-0.15, -0.1) is 11.3 Å². The Hall–Kier alpha value is -1.86. The van der Waals surface area contributed by atoms with Crippen LogP contribution in [-0.4, -0.2) is 17.0 Å². The molecule has 5 nitrogen and oxygen atoms in total. The molecule has 18 heavy (non-hydrogen) atoms. The van der Waals surface area contributed by atoms with E-state index in [2.05, 4.69) is 10.3 Å². The van der Waals surface area contributed by atoms with Crippen molar-refractivity contribution < 1.29 is 9.31 Å². The maximum Gasteiger partial charge on any atom is 0.305 e. The highest BCUT2D eigenvalue weighted by molar-refractivity contribution is 7.09. The molecule has 7 heteroatoms. The molecular formula is C11H10FN3O2S. The lowest BCUT2D eigenvalue weighted by Crippen LogP contribution is -2.04. The minimum atomic E-state index is -0.838. The van der Waals surface area contributed by atoms with Gasteiger partial charge in [-0.1, -0.05) is 0 Å². The number of halogens is 1. The second kappa shape index (κ2) is 5.19. The van der Waals surface area contributed by atoms with Crippen LogP contribution in [0.1, 0.15) is 5.01 Å². The predicted molar refractivity (Wildman–Crippen MR) is 66.9 cm³/mol. The van der Waals surface area contributed by atoms with Gasteiger partial charge in [0.1, 0.15) is 5.01 Å². The van der Waals surface area contributed by atoms with Crippen LogP contribution in [0.15, 0.2) is 23.6 Å². The van der Waals surface area contributed by atoms with Gasteiger partial charge >= 0.3 is 5.69 Å². The molecule has 0 unspecified atom stereocenters. The van der Waals surface area contributed by atoms with Crippen molar-refractivity contribution >= 4 is 17.0 Å². The molecule has 0 aliphatic rings. The Kier molecular flexibility index (Phi) is 3.63. The summed E-state index contributed by atoms with van der Waals surface area (Å²) in [5.41, 5.74) is 0.630. The zero-order valence-electron chi connectivity index (χ0n) is 9.51. The largest absolute Gasteiger partial charge is 0.314 e. The van der Waals surface area contributed by atoms with E-state index in [-0.39, 0.29) is 0 Å². The van der Waals surface area contributed by atoms with E-state index in [0.29, 0.717) is 17.8 Å². The Balaban J connectivity index is 2.38. The summed E-state index contributed by atoms with van der Waals surface area (Å²) in [7, 11) is 1.81. The highest BCUT2D eigenvalue weighted by Crippen LogP contribution is 2.27. The Morgan fingerprint density at radius 3 is 3.00 bits per heavy atom. The lowest BCUT2D eigenvalue weighted by Gasteiger charge is -1.98. The first kappa shape index (κ1) is 12.6. The van der Waals surface area contributed by atoms with E-state index in [9.17, 15) is 14.5 Å². The molecule has 0 aliphatic carbocycles. The second-order valence-electron chi connectivity index (χ2n) is 3.58. The quantitative estimate of drug-likeness (QED) is 0.683. The van der Waals surface area contributed by atoms with Crippen LogP contribution in [0.25, 0.3) is 11.3 Å². The number of nitro benzene ring substituents is 1. The Morgan fingerprint density at radius 1 is 1.56 bits per heavy atom. The fraction of sp³-hybridized carbons (Fsp3) is 0.182. The maximum absolute atomic E-state index is 13.2. The number of nitrogens with one attached hydrogen (secondary N) is 1. The summed E-state index contributed by atoms with van der Waals surface area (Å²) in [6, 6.07) is 3.78. The van der Waals surface area contributed by atoms with Gasteiger partial charge < -0.3 is 5.32 Å². The highest BCUT2D eigenvalue weighted by atomic mass is 32.1. The number of thiazole rings is 1. The summed E-state index contributed by atoms with van der Waals surface area (Å²) in [4.78, 5) is 14.2. The minimum Gasteiger partial charge on any atom is -0.314 e. The van der Waals surface area contributed by atoms with Gasteiger partial charge in [-0.3, -0.25) is 10.1 Å². The molecule has 1 heterocycles. The summed E-state index contributed by atoms with van der Waals surface area (Å²) in [5.74, 6) is -0.838. The molecule has 1 N–H and O–H groups in total. The van der Waals surface area contributed by atoms with Crippen molar-refractivity contribution in [1.82, 2.24) is 10.3 Å². The Labute approximate surface area is 106 Å². The summed E-state index contributed by atoms with van der Waals surface area (Å²) >= 11 is 1.45. The lowest BCUT2D eigenvalue weighted by molar-refractivity contribution is -0.387. The van der Waals surface area contributed by atoms with Crippen LogP contribution in [0.2, 0.25) is 0 Å². The zero-order chi connectivity index (χ0) is 13.1. The number of hydrogen-bond acceptors (Lipinski definition) is 5. The normalized spacial score (nSPS) is 10.6. The topological polar surface area (TPSA) is 68.1 Å². The van der Waals surface area contributed by atoms with Gasteiger partial charge in [0.25, 0.3) is 0 Å². The summed E-state index contributed by atoms with van der Waals surface area (Å²) < 4.78 is 13.2. The molecule has 2 aromatic rings. The maximum atomic E-state index is 13.2. The Bertz CT molecular complexity index is 585. The third-order valence-corrected chi connectivity index (χ3v) is 3.17. The van der Waals surface area contributed by atoms with Crippen LogP contribution in [0.4, 0.5) is 10.1 Å². The molecule has 0 fully saturated rings. The smallest absolute Gasteiger partial charge is 0.305 e. The van der Waals surface area contributed by atoms with Gasteiger partial charge in [0.05, 0.1) is 10.6 Å². The van der Waals surface area contributed by atoms with Crippen molar-refractivity contribution in [3.63, 3.8) is 0 Å². The van der Waals surface area contributed by atoms with Gasteiger partial charge in [0, 0.05) is 23.6 Å². The number of rotatable bonds is 4. The SMILES string of the molecule is CNCc1nc(-c2ccc(F)c([N+](=O)[O-])c2)cs1. The minimum absolute atomic E-state index is 0.532. The second-order valence-corrected chi connectivity index (χ2v) is 4.52. The van der Waals surface area contributed by atoms with E-state index in [1.807, 2.05) is 7.05 Å². The van der Waals surface area contributed by atoms with Crippen molar-refractivity contribution in [2.45, 2.75) is 6.54 Å². The van der Waals surface area contributed by atoms with E-state index in [0.717, 1.165) is 11.1 Å². The molecule has 2 rings (SSSR count). The van der Waals surface area contributed by atoms with Gasteiger partial charge in [-0.05, 0) is 19.2 Å². The Morgan fingerprint density at radius 2 is 2.33 bits per heavy atom. The molecule has 1 aromatic carbocycles. The van der Waals surface area contributed by atoms with Crippen LogP contribution in [0.5, 0.6) is 0 Å². The number of benzene rings is 1. The number of nitrogens with zero attached hydrogens (tertiary/aromatic N) is 2. The van der Waals surface area contributed by atoms with Gasteiger partial charge in [0.2, 0.25) is 5.82 Å². The van der Waals surface area contributed by atoms with Crippen molar-refractivity contribution in [3.8, 4) is 11.3 Å². The zero-order valence-corrected chi connectivity index (χ0v) is 10.3. The van der Waals surface area contributed by atoms with Gasteiger partial charge in [-0.25, -0.2) is 4.98 Å². The number of nitro groups is 1. The molecule has 0 amide bonds. The third kappa shape index (κ3) is 2.52. The molecule has 0 saturated heterocycles. The van der Waals surface area contributed by atoms with Crippen LogP contribution in [0.3, 0.4) is 0 Å². The molecule has 0 spiro atoms. The average Bonchev–Trinajstić information content (AvgIpc) is 2.78. The van der Waals surface area contributed by atoms with E-state index >= 15 is 0 Å². The summed E-state index contributed by atoms with van der Waals surface area (Å²) in [5, 5.41) is 16.3. The number of hydrogen-bond donors (Lipinski definition) is 1.